The number of thiophene rings is 1. The standard InChI is InChI=1S/C14H16N2S2/c1-9-3-4-12(14(15)17)13(7-9)16-10(2)11-5-6-18-8-11/h3-8,10,16H,1-2H3,(H2,15,17). The van der Waals surface area contributed by atoms with E-state index in [0.29, 0.717) is 4.99 Å². The van der Waals surface area contributed by atoms with E-state index in [-0.39, 0.29) is 6.04 Å². The van der Waals surface area contributed by atoms with Crippen molar-refractivity contribution in [2.45, 2.75) is 19.9 Å². The van der Waals surface area contributed by atoms with Gasteiger partial charge >= 0.3 is 0 Å². The summed E-state index contributed by atoms with van der Waals surface area (Å²) in [4.78, 5) is 0.426. The van der Waals surface area contributed by atoms with Gasteiger partial charge in [0, 0.05) is 17.3 Å². The Labute approximate surface area is 117 Å². The summed E-state index contributed by atoms with van der Waals surface area (Å²) in [6.07, 6.45) is 0. The van der Waals surface area contributed by atoms with Crippen molar-refractivity contribution in [1.29, 1.82) is 0 Å². The van der Waals surface area contributed by atoms with Gasteiger partial charge in [-0.25, -0.2) is 0 Å². The number of hydrogen-bond acceptors (Lipinski definition) is 3. The topological polar surface area (TPSA) is 38.0 Å². The van der Waals surface area contributed by atoms with E-state index in [4.69, 9.17) is 18.0 Å². The normalized spacial score (nSPS) is 12.1. The number of anilines is 1. The van der Waals surface area contributed by atoms with Gasteiger partial charge in [-0.15, -0.1) is 0 Å². The predicted octanol–water partition coefficient (Wildman–Crippen LogP) is 3.86. The maximum Gasteiger partial charge on any atom is 0.106 e. The van der Waals surface area contributed by atoms with Gasteiger partial charge in [-0.05, 0) is 53.9 Å². The van der Waals surface area contributed by atoms with Gasteiger partial charge in [0.1, 0.15) is 4.99 Å². The van der Waals surface area contributed by atoms with Gasteiger partial charge in [0.2, 0.25) is 0 Å². The Balaban J connectivity index is 2.28. The van der Waals surface area contributed by atoms with Gasteiger partial charge in [0.05, 0.1) is 0 Å². The van der Waals surface area contributed by atoms with Crippen molar-refractivity contribution >= 4 is 34.2 Å². The van der Waals surface area contributed by atoms with Gasteiger partial charge in [-0.2, -0.15) is 11.3 Å². The van der Waals surface area contributed by atoms with Gasteiger partial charge in [-0.1, -0.05) is 18.3 Å². The fourth-order valence-corrected chi connectivity index (χ4v) is 2.76. The fraction of sp³-hybridized carbons (Fsp3) is 0.214. The van der Waals surface area contributed by atoms with Crippen LogP contribution < -0.4 is 11.1 Å². The molecule has 0 bridgehead atoms. The Hall–Kier alpha value is -1.39. The molecule has 0 aliphatic rings. The molecule has 1 aromatic carbocycles. The van der Waals surface area contributed by atoms with Crippen molar-refractivity contribution in [3.63, 3.8) is 0 Å². The van der Waals surface area contributed by atoms with Crippen molar-refractivity contribution in [3.8, 4) is 0 Å². The third-order valence-electron chi connectivity index (χ3n) is 2.86. The molecule has 4 heteroatoms. The summed E-state index contributed by atoms with van der Waals surface area (Å²) >= 11 is 6.79. The van der Waals surface area contributed by atoms with Crippen LogP contribution in [0.15, 0.2) is 35.0 Å². The monoisotopic (exact) mass is 276 g/mol. The number of hydrogen-bond donors (Lipinski definition) is 2. The van der Waals surface area contributed by atoms with E-state index in [2.05, 4.69) is 42.1 Å². The van der Waals surface area contributed by atoms with Crippen LogP contribution in [0.3, 0.4) is 0 Å². The first kappa shape index (κ1) is 13.1. The number of rotatable bonds is 4. The number of thiocarbonyl (C=S) groups is 1. The second-order valence-corrected chi connectivity index (χ2v) is 5.56. The second-order valence-electron chi connectivity index (χ2n) is 4.34. The fourth-order valence-electron chi connectivity index (χ4n) is 1.83. The highest BCUT2D eigenvalue weighted by atomic mass is 32.1. The molecule has 0 saturated heterocycles. The zero-order valence-corrected chi connectivity index (χ0v) is 12.1. The van der Waals surface area contributed by atoms with Gasteiger partial charge in [0.15, 0.2) is 0 Å². The Morgan fingerprint density at radius 3 is 2.78 bits per heavy atom. The molecule has 1 aromatic heterocycles. The first-order chi connectivity index (χ1) is 8.58. The van der Waals surface area contributed by atoms with Gasteiger partial charge in [-0.3, -0.25) is 0 Å². The van der Waals surface area contributed by atoms with E-state index in [0.717, 1.165) is 11.3 Å². The minimum Gasteiger partial charge on any atom is -0.389 e. The number of aryl methyl sites for hydroxylation is 1. The number of benzene rings is 1. The molecule has 1 unspecified atom stereocenters. The maximum atomic E-state index is 5.75. The average Bonchev–Trinajstić information content (AvgIpc) is 2.81. The lowest BCUT2D eigenvalue weighted by Gasteiger charge is -2.17. The highest BCUT2D eigenvalue weighted by Gasteiger charge is 2.10. The molecule has 2 aromatic rings. The molecule has 0 fully saturated rings. The minimum atomic E-state index is 0.242. The summed E-state index contributed by atoms with van der Waals surface area (Å²) in [6, 6.07) is 8.44. The second kappa shape index (κ2) is 5.50. The van der Waals surface area contributed by atoms with Crippen molar-refractivity contribution < 1.29 is 0 Å². The van der Waals surface area contributed by atoms with Crippen molar-refractivity contribution in [3.05, 3.63) is 51.7 Å². The van der Waals surface area contributed by atoms with E-state index in [1.165, 1.54) is 11.1 Å². The molecule has 18 heavy (non-hydrogen) atoms. The van der Waals surface area contributed by atoms with Crippen molar-refractivity contribution in [1.82, 2.24) is 0 Å². The third-order valence-corrected chi connectivity index (χ3v) is 3.78. The summed E-state index contributed by atoms with van der Waals surface area (Å²) in [6.45, 7) is 4.19. The molecule has 1 heterocycles. The highest BCUT2D eigenvalue weighted by Crippen LogP contribution is 2.24. The quantitative estimate of drug-likeness (QED) is 0.833. The Morgan fingerprint density at radius 2 is 2.17 bits per heavy atom. The molecule has 0 spiro atoms. The molecule has 0 radical (unpaired) electrons. The van der Waals surface area contributed by atoms with Crippen LogP contribution in [0.2, 0.25) is 0 Å². The number of nitrogens with two attached hydrogens (primary N) is 1. The van der Waals surface area contributed by atoms with Gasteiger partial charge in [0.25, 0.3) is 0 Å². The van der Waals surface area contributed by atoms with Crippen LogP contribution in [-0.4, -0.2) is 4.99 Å². The van der Waals surface area contributed by atoms with E-state index in [1.54, 1.807) is 11.3 Å². The summed E-state index contributed by atoms with van der Waals surface area (Å²) < 4.78 is 0. The van der Waals surface area contributed by atoms with E-state index >= 15 is 0 Å². The van der Waals surface area contributed by atoms with Gasteiger partial charge < -0.3 is 11.1 Å². The Bertz CT molecular complexity index is 547. The zero-order valence-electron chi connectivity index (χ0n) is 10.4. The average molecular weight is 276 g/mol. The molecule has 94 valence electrons. The highest BCUT2D eigenvalue weighted by molar-refractivity contribution is 7.80. The van der Waals surface area contributed by atoms with Crippen LogP contribution in [-0.2, 0) is 0 Å². The molecular weight excluding hydrogens is 260 g/mol. The predicted molar refractivity (Wildman–Crippen MR) is 83.4 cm³/mol. The SMILES string of the molecule is Cc1ccc(C(N)=S)c(NC(C)c2ccsc2)c1. The lowest BCUT2D eigenvalue weighted by Crippen LogP contribution is -2.15. The molecule has 2 nitrogen and oxygen atoms in total. The van der Waals surface area contributed by atoms with Crippen LogP contribution in [0.4, 0.5) is 5.69 Å². The van der Waals surface area contributed by atoms with Crippen molar-refractivity contribution in [2.75, 3.05) is 5.32 Å². The summed E-state index contributed by atoms with van der Waals surface area (Å²) in [5, 5.41) is 7.70. The molecule has 0 aliphatic carbocycles. The summed E-state index contributed by atoms with van der Waals surface area (Å²) in [5.74, 6) is 0. The molecule has 0 amide bonds. The zero-order chi connectivity index (χ0) is 13.1. The Morgan fingerprint density at radius 1 is 1.39 bits per heavy atom. The molecule has 1 atom stereocenters. The maximum absolute atomic E-state index is 5.75. The molecule has 2 rings (SSSR count). The molecule has 0 saturated carbocycles. The lowest BCUT2D eigenvalue weighted by atomic mass is 10.1. The first-order valence-corrected chi connectivity index (χ1v) is 7.12. The summed E-state index contributed by atoms with van der Waals surface area (Å²) in [7, 11) is 0. The lowest BCUT2D eigenvalue weighted by molar-refractivity contribution is 0.890. The third kappa shape index (κ3) is 2.89. The first-order valence-electron chi connectivity index (χ1n) is 5.77. The summed E-state index contributed by atoms with van der Waals surface area (Å²) in [5.41, 5.74) is 10.1. The van der Waals surface area contributed by atoms with Crippen LogP contribution >= 0.6 is 23.6 Å². The Kier molecular flexibility index (Phi) is 3.99. The van der Waals surface area contributed by atoms with E-state index in [9.17, 15) is 0 Å². The van der Waals surface area contributed by atoms with Crippen LogP contribution in [0.5, 0.6) is 0 Å². The molecular formula is C14H16N2S2. The van der Waals surface area contributed by atoms with Crippen LogP contribution in [0.1, 0.15) is 29.7 Å². The van der Waals surface area contributed by atoms with Crippen molar-refractivity contribution in [2.24, 2.45) is 5.73 Å². The van der Waals surface area contributed by atoms with Crippen LogP contribution in [0.25, 0.3) is 0 Å². The molecule has 3 N–H and O–H groups in total. The number of nitrogens with one attached hydrogen (secondary N) is 1. The van der Waals surface area contributed by atoms with Crippen LogP contribution in [0, 0.1) is 6.92 Å². The van der Waals surface area contributed by atoms with E-state index < -0.39 is 0 Å². The smallest absolute Gasteiger partial charge is 0.106 e. The molecule has 0 aliphatic heterocycles. The van der Waals surface area contributed by atoms with E-state index in [1.807, 2.05) is 12.1 Å². The minimum absolute atomic E-state index is 0.242. The largest absolute Gasteiger partial charge is 0.389 e.